The first kappa shape index (κ1) is 14.0. The largest absolute Gasteiger partial charge is 0.508 e. The zero-order valence-electron chi connectivity index (χ0n) is 12.1. The van der Waals surface area contributed by atoms with Crippen molar-refractivity contribution in [1.29, 1.82) is 0 Å². The Balaban J connectivity index is 2.20. The topological polar surface area (TPSA) is 70.4 Å². The van der Waals surface area contributed by atoms with Crippen LogP contribution in [0.25, 0.3) is 0 Å². The molecule has 5 nitrogen and oxygen atoms in total. The van der Waals surface area contributed by atoms with Crippen molar-refractivity contribution >= 4 is 22.6 Å². The van der Waals surface area contributed by atoms with Gasteiger partial charge in [0.15, 0.2) is 5.82 Å². The van der Waals surface area contributed by atoms with Crippen molar-refractivity contribution in [3.63, 3.8) is 0 Å². The van der Waals surface area contributed by atoms with Gasteiger partial charge in [-0.05, 0) is 38.5 Å². The number of hydrogen-bond donors (Lipinski definition) is 2. The van der Waals surface area contributed by atoms with E-state index < -0.39 is 0 Å². The molecule has 0 saturated carbocycles. The highest BCUT2D eigenvalue weighted by Crippen LogP contribution is 2.44. The van der Waals surface area contributed by atoms with Crippen molar-refractivity contribution in [2.45, 2.75) is 32.1 Å². The van der Waals surface area contributed by atoms with Crippen LogP contribution < -0.4 is 5.56 Å². The molecule has 0 saturated heterocycles. The number of hydrogen-bond acceptors (Lipinski definition) is 4. The molecule has 0 spiro atoms. The van der Waals surface area contributed by atoms with Crippen LogP contribution in [0.5, 0.6) is 5.75 Å². The highest BCUT2D eigenvalue weighted by Gasteiger charge is 2.30. The number of nitrogens with zero attached hydrogens (tertiary/aromatic N) is 2. The number of phenolic OH excluding ortho intramolecular Hbond substituents is 1. The third-order valence-corrected chi connectivity index (χ3v) is 4.61. The lowest BCUT2D eigenvalue weighted by Crippen LogP contribution is -2.13. The number of aliphatic imine (C=N–C) groups is 1. The van der Waals surface area contributed by atoms with E-state index in [0.717, 1.165) is 10.6 Å². The maximum atomic E-state index is 12.3. The molecule has 2 aromatic rings. The van der Waals surface area contributed by atoms with Gasteiger partial charge in [-0.2, -0.15) is 0 Å². The van der Waals surface area contributed by atoms with Gasteiger partial charge in [0, 0.05) is 6.04 Å². The standard InChI is InChI=1S/C15H17N3O2S/c1-8(2)18-14-12(15(20)17-18)13(21-9(3)16-14)10-5-4-6-11(19)7-10/h4-8,13,19H,1-3H3,(H,17,20). The molecule has 0 fully saturated rings. The number of benzene rings is 1. The predicted octanol–water partition coefficient (Wildman–Crippen LogP) is 3.35. The second-order valence-corrected chi connectivity index (χ2v) is 6.66. The maximum Gasteiger partial charge on any atom is 0.271 e. The Morgan fingerprint density at radius 3 is 2.86 bits per heavy atom. The highest BCUT2D eigenvalue weighted by molar-refractivity contribution is 8.14. The molecule has 3 rings (SSSR count). The van der Waals surface area contributed by atoms with E-state index in [9.17, 15) is 9.90 Å². The van der Waals surface area contributed by atoms with E-state index in [4.69, 9.17) is 0 Å². The maximum absolute atomic E-state index is 12.3. The summed E-state index contributed by atoms with van der Waals surface area (Å²) >= 11 is 1.54. The first-order valence-electron chi connectivity index (χ1n) is 6.82. The van der Waals surface area contributed by atoms with Gasteiger partial charge in [-0.3, -0.25) is 14.6 Å². The van der Waals surface area contributed by atoms with Gasteiger partial charge in [0.05, 0.1) is 15.9 Å². The van der Waals surface area contributed by atoms with Gasteiger partial charge in [0.1, 0.15) is 5.75 Å². The molecule has 1 aromatic heterocycles. The predicted molar refractivity (Wildman–Crippen MR) is 85.7 cm³/mol. The van der Waals surface area contributed by atoms with E-state index in [0.29, 0.717) is 11.4 Å². The third kappa shape index (κ3) is 2.40. The van der Waals surface area contributed by atoms with Crippen LogP contribution >= 0.6 is 11.8 Å². The number of phenols is 1. The molecular weight excluding hydrogens is 286 g/mol. The van der Waals surface area contributed by atoms with Gasteiger partial charge >= 0.3 is 0 Å². The lowest BCUT2D eigenvalue weighted by atomic mass is 10.1. The summed E-state index contributed by atoms with van der Waals surface area (Å²) in [6.45, 7) is 5.95. The van der Waals surface area contributed by atoms with E-state index >= 15 is 0 Å². The van der Waals surface area contributed by atoms with Crippen LogP contribution in [-0.2, 0) is 0 Å². The van der Waals surface area contributed by atoms with Gasteiger partial charge in [0.25, 0.3) is 5.56 Å². The monoisotopic (exact) mass is 303 g/mol. The number of fused-ring (bicyclic) bond motifs is 1. The van der Waals surface area contributed by atoms with Crippen LogP contribution in [0, 0.1) is 0 Å². The van der Waals surface area contributed by atoms with Crippen molar-refractivity contribution in [2.24, 2.45) is 4.99 Å². The second-order valence-electron chi connectivity index (χ2n) is 5.37. The van der Waals surface area contributed by atoms with Crippen LogP contribution in [0.15, 0.2) is 34.1 Å². The minimum absolute atomic E-state index is 0.115. The lowest BCUT2D eigenvalue weighted by molar-refractivity contribution is 0.474. The molecule has 0 bridgehead atoms. The molecule has 1 unspecified atom stereocenters. The molecular formula is C15H17N3O2S. The van der Waals surface area contributed by atoms with E-state index in [1.807, 2.05) is 26.8 Å². The molecule has 1 aromatic carbocycles. The smallest absolute Gasteiger partial charge is 0.271 e. The number of aromatic amines is 1. The van der Waals surface area contributed by atoms with Crippen LogP contribution in [0.3, 0.4) is 0 Å². The zero-order chi connectivity index (χ0) is 15.1. The lowest BCUT2D eigenvalue weighted by Gasteiger charge is -2.21. The first-order valence-corrected chi connectivity index (χ1v) is 7.70. The van der Waals surface area contributed by atoms with Crippen molar-refractivity contribution < 1.29 is 5.11 Å². The van der Waals surface area contributed by atoms with Gasteiger partial charge < -0.3 is 5.11 Å². The summed E-state index contributed by atoms with van der Waals surface area (Å²) in [7, 11) is 0. The minimum atomic E-state index is -0.145. The quantitative estimate of drug-likeness (QED) is 0.893. The Bertz CT molecular complexity index is 773. The Labute approximate surface area is 126 Å². The molecule has 1 atom stereocenters. The van der Waals surface area contributed by atoms with Gasteiger partial charge in [-0.15, -0.1) is 0 Å². The first-order chi connectivity index (χ1) is 9.97. The van der Waals surface area contributed by atoms with Crippen molar-refractivity contribution in [3.8, 4) is 5.75 Å². The number of H-pyrrole nitrogens is 1. The Hall–Kier alpha value is -1.95. The molecule has 1 aliphatic rings. The third-order valence-electron chi connectivity index (χ3n) is 3.44. The van der Waals surface area contributed by atoms with Crippen LogP contribution in [0.1, 0.15) is 43.2 Å². The molecule has 0 amide bonds. The molecule has 0 radical (unpaired) electrons. The van der Waals surface area contributed by atoms with Crippen LogP contribution in [0.2, 0.25) is 0 Å². The average Bonchev–Trinajstić information content (AvgIpc) is 2.75. The molecule has 6 heteroatoms. The Kier molecular flexibility index (Phi) is 3.41. The summed E-state index contributed by atoms with van der Waals surface area (Å²) in [5.74, 6) is 0.897. The van der Waals surface area contributed by atoms with E-state index in [1.54, 1.807) is 22.9 Å². The van der Waals surface area contributed by atoms with E-state index in [1.165, 1.54) is 11.8 Å². The number of rotatable bonds is 2. The molecule has 110 valence electrons. The summed E-state index contributed by atoms with van der Waals surface area (Å²) in [6, 6.07) is 7.17. The van der Waals surface area contributed by atoms with E-state index in [2.05, 4.69) is 10.1 Å². The van der Waals surface area contributed by atoms with Gasteiger partial charge in [0.2, 0.25) is 0 Å². The summed E-state index contributed by atoms with van der Waals surface area (Å²) < 4.78 is 1.80. The molecule has 2 heterocycles. The highest BCUT2D eigenvalue weighted by atomic mass is 32.2. The van der Waals surface area contributed by atoms with Gasteiger partial charge in [-0.1, -0.05) is 23.9 Å². The Morgan fingerprint density at radius 1 is 1.43 bits per heavy atom. The number of aromatic nitrogens is 2. The van der Waals surface area contributed by atoms with Crippen molar-refractivity contribution in [2.75, 3.05) is 0 Å². The molecule has 2 N–H and O–H groups in total. The average molecular weight is 303 g/mol. The van der Waals surface area contributed by atoms with E-state index in [-0.39, 0.29) is 22.6 Å². The fraction of sp³-hybridized carbons (Fsp3) is 0.333. The zero-order valence-corrected chi connectivity index (χ0v) is 12.9. The number of aromatic hydroxyl groups is 1. The van der Waals surface area contributed by atoms with Crippen molar-refractivity contribution in [3.05, 3.63) is 45.7 Å². The SMILES string of the molecule is CC1=Nc2c(c(=O)[nH]n2C(C)C)C(c2cccc(O)c2)S1. The van der Waals surface area contributed by atoms with Crippen LogP contribution in [-0.4, -0.2) is 19.9 Å². The number of nitrogens with one attached hydrogen (secondary N) is 1. The second kappa shape index (κ2) is 5.11. The molecule has 0 aliphatic carbocycles. The van der Waals surface area contributed by atoms with Gasteiger partial charge in [-0.25, -0.2) is 4.99 Å². The molecule has 21 heavy (non-hydrogen) atoms. The molecule has 1 aliphatic heterocycles. The fourth-order valence-corrected chi connectivity index (χ4v) is 3.60. The summed E-state index contributed by atoms with van der Waals surface area (Å²) in [5.41, 5.74) is 1.45. The van der Waals surface area contributed by atoms with Crippen LogP contribution in [0.4, 0.5) is 5.82 Å². The summed E-state index contributed by atoms with van der Waals surface area (Å²) in [4.78, 5) is 16.9. The summed E-state index contributed by atoms with van der Waals surface area (Å²) in [6.07, 6.45) is 0. The normalized spacial score (nSPS) is 17.7. The fourth-order valence-electron chi connectivity index (χ4n) is 2.51. The minimum Gasteiger partial charge on any atom is -0.508 e. The summed E-state index contributed by atoms with van der Waals surface area (Å²) in [5, 5.41) is 13.3. The number of thioether (sulfide) groups is 1. The Morgan fingerprint density at radius 2 is 2.19 bits per heavy atom. The van der Waals surface area contributed by atoms with Crippen molar-refractivity contribution in [1.82, 2.24) is 9.78 Å².